The van der Waals surface area contributed by atoms with Crippen LogP contribution in [0.1, 0.15) is 0 Å². The van der Waals surface area contributed by atoms with E-state index in [1.807, 2.05) is 30.3 Å². The van der Waals surface area contributed by atoms with Crippen LogP contribution in [0.15, 0.2) is 54.6 Å². The first-order valence-corrected chi connectivity index (χ1v) is 5.85. The van der Waals surface area contributed by atoms with E-state index in [1.54, 1.807) is 24.3 Å². The van der Waals surface area contributed by atoms with E-state index in [-0.39, 0.29) is 5.75 Å². The molecule has 2 rings (SSSR count). The lowest BCUT2D eigenvalue weighted by Gasteiger charge is -2.01. The second kappa shape index (κ2) is 4.24. The van der Waals surface area contributed by atoms with Gasteiger partial charge in [0.15, 0.2) is 0 Å². The van der Waals surface area contributed by atoms with E-state index < -0.39 is 7.80 Å². The molecule has 0 bridgehead atoms. The van der Waals surface area contributed by atoms with Gasteiger partial charge in [0, 0.05) is 10.6 Å². The molecule has 1 atom stereocenters. The van der Waals surface area contributed by atoms with E-state index in [9.17, 15) is 4.57 Å². The third-order valence-corrected chi connectivity index (χ3v) is 3.61. The van der Waals surface area contributed by atoms with Crippen LogP contribution in [0.3, 0.4) is 0 Å². The van der Waals surface area contributed by atoms with Crippen molar-refractivity contribution in [3.63, 3.8) is 0 Å². The van der Waals surface area contributed by atoms with Crippen molar-refractivity contribution in [2.75, 3.05) is 0 Å². The molecule has 1 N–H and O–H groups in total. The molecule has 0 spiro atoms. The number of phenols is 1. The van der Waals surface area contributed by atoms with Gasteiger partial charge >= 0.3 is 0 Å². The molecule has 2 aromatic rings. The molecule has 0 heterocycles. The summed E-state index contributed by atoms with van der Waals surface area (Å²) in [5.41, 5.74) is 0. The van der Waals surface area contributed by atoms with Crippen LogP contribution in [0.5, 0.6) is 5.75 Å². The minimum atomic E-state index is -1.54. The van der Waals surface area contributed by atoms with E-state index in [1.165, 1.54) is 0 Å². The van der Waals surface area contributed by atoms with Gasteiger partial charge < -0.3 is 5.11 Å². The van der Waals surface area contributed by atoms with Gasteiger partial charge in [0.25, 0.3) is 0 Å². The fraction of sp³-hybridized carbons (Fsp3) is 0. The summed E-state index contributed by atoms with van der Waals surface area (Å²) in [6.07, 6.45) is 0. The van der Waals surface area contributed by atoms with E-state index in [0.29, 0.717) is 0 Å². The fourth-order valence-electron chi connectivity index (χ4n) is 1.30. The first kappa shape index (κ1) is 9.88. The van der Waals surface area contributed by atoms with Crippen molar-refractivity contribution in [1.82, 2.24) is 0 Å². The molecule has 0 saturated heterocycles. The number of rotatable bonds is 2. The van der Waals surface area contributed by atoms with Crippen molar-refractivity contribution in [3.8, 4) is 5.75 Å². The summed E-state index contributed by atoms with van der Waals surface area (Å²) in [7, 11) is -1.54. The molecule has 0 fully saturated rings. The molecule has 0 amide bonds. The predicted octanol–water partition coefficient (Wildman–Crippen LogP) is 2.17. The second-order valence-corrected chi connectivity index (χ2v) is 4.77. The molecule has 0 saturated carbocycles. The first-order chi connectivity index (χ1) is 7.27. The van der Waals surface area contributed by atoms with Gasteiger partial charge in [-0.05, 0) is 36.4 Å². The molecule has 1 unspecified atom stereocenters. The lowest BCUT2D eigenvalue weighted by Crippen LogP contribution is -2.05. The third kappa shape index (κ3) is 2.23. The maximum Gasteiger partial charge on any atom is 0.136 e. The molecule has 0 aliphatic rings. The lowest BCUT2D eigenvalue weighted by atomic mass is 10.3. The molecule has 75 valence electrons. The summed E-state index contributed by atoms with van der Waals surface area (Å²) in [4.78, 5) is 0. The standard InChI is InChI=1S/C12H10O2P/c13-10-6-8-12(9-7-10)15(14)11-4-2-1-3-5-11/h1-9,13H. The van der Waals surface area contributed by atoms with Crippen molar-refractivity contribution < 1.29 is 9.67 Å². The molecule has 2 nitrogen and oxygen atoms in total. The highest BCUT2D eigenvalue weighted by Crippen LogP contribution is 2.20. The molecule has 3 heteroatoms. The Morgan fingerprint density at radius 2 is 1.33 bits per heavy atom. The summed E-state index contributed by atoms with van der Waals surface area (Å²) < 4.78 is 12.0. The highest BCUT2D eigenvalue weighted by molar-refractivity contribution is 7.61. The van der Waals surface area contributed by atoms with Crippen molar-refractivity contribution in [2.45, 2.75) is 0 Å². The monoisotopic (exact) mass is 217 g/mol. The van der Waals surface area contributed by atoms with Gasteiger partial charge in [-0.15, -0.1) is 0 Å². The van der Waals surface area contributed by atoms with E-state index in [2.05, 4.69) is 0 Å². The normalized spacial score (nSPS) is 11.1. The molecular weight excluding hydrogens is 207 g/mol. The number of aromatic hydroxyl groups is 1. The average Bonchev–Trinajstić information content (AvgIpc) is 2.30. The highest BCUT2D eigenvalue weighted by Gasteiger charge is 2.06. The Balaban J connectivity index is 2.33. The summed E-state index contributed by atoms with van der Waals surface area (Å²) in [5.74, 6) is 0.190. The van der Waals surface area contributed by atoms with Gasteiger partial charge in [0.2, 0.25) is 0 Å². The minimum absolute atomic E-state index is 0.190. The summed E-state index contributed by atoms with van der Waals surface area (Å²) in [6, 6.07) is 15.8. The quantitative estimate of drug-likeness (QED) is 0.783. The summed E-state index contributed by atoms with van der Waals surface area (Å²) >= 11 is 0. The van der Waals surface area contributed by atoms with Gasteiger partial charge in [-0.3, -0.25) is 4.57 Å². The first-order valence-electron chi connectivity index (χ1n) is 4.59. The maximum absolute atomic E-state index is 12.0. The number of hydrogen-bond acceptors (Lipinski definition) is 2. The van der Waals surface area contributed by atoms with Gasteiger partial charge in [-0.2, -0.15) is 0 Å². The Kier molecular flexibility index (Phi) is 2.79. The molecule has 0 aliphatic carbocycles. The molecule has 2 aromatic carbocycles. The molecule has 1 radical (unpaired) electrons. The zero-order chi connectivity index (χ0) is 10.7. The Morgan fingerprint density at radius 3 is 1.93 bits per heavy atom. The second-order valence-electron chi connectivity index (χ2n) is 3.15. The Hall–Kier alpha value is -1.66. The van der Waals surface area contributed by atoms with E-state index in [0.717, 1.165) is 10.6 Å². The van der Waals surface area contributed by atoms with Crippen molar-refractivity contribution in [3.05, 3.63) is 54.6 Å². The van der Waals surface area contributed by atoms with Crippen LogP contribution in [-0.2, 0) is 4.57 Å². The Bertz CT molecular complexity index is 463. The fourth-order valence-corrected chi connectivity index (χ4v) is 2.46. The van der Waals surface area contributed by atoms with Crippen molar-refractivity contribution >= 4 is 18.4 Å². The zero-order valence-corrected chi connectivity index (χ0v) is 8.89. The number of phenolic OH excluding ortho intramolecular Hbond substituents is 1. The summed E-state index contributed by atoms with van der Waals surface area (Å²) in [5, 5.41) is 10.6. The minimum Gasteiger partial charge on any atom is -0.508 e. The molecule has 0 aromatic heterocycles. The molecular formula is C12H10O2P. The SMILES string of the molecule is O=[P](c1ccccc1)c1ccc(O)cc1. The van der Waals surface area contributed by atoms with Gasteiger partial charge in [0.1, 0.15) is 13.6 Å². The van der Waals surface area contributed by atoms with Crippen LogP contribution in [0, 0.1) is 0 Å². The predicted molar refractivity (Wildman–Crippen MR) is 61.4 cm³/mol. The van der Waals surface area contributed by atoms with Crippen LogP contribution in [0.4, 0.5) is 0 Å². The topological polar surface area (TPSA) is 37.3 Å². The lowest BCUT2D eigenvalue weighted by molar-refractivity contribution is 0.475. The van der Waals surface area contributed by atoms with Gasteiger partial charge in [-0.1, -0.05) is 18.2 Å². The number of benzene rings is 2. The highest BCUT2D eigenvalue weighted by atomic mass is 31.1. The van der Waals surface area contributed by atoms with E-state index >= 15 is 0 Å². The van der Waals surface area contributed by atoms with Crippen LogP contribution in [-0.4, -0.2) is 5.11 Å². The van der Waals surface area contributed by atoms with Crippen molar-refractivity contribution in [2.24, 2.45) is 0 Å². The largest absolute Gasteiger partial charge is 0.508 e. The van der Waals surface area contributed by atoms with Crippen LogP contribution in [0.2, 0.25) is 0 Å². The summed E-state index contributed by atoms with van der Waals surface area (Å²) in [6.45, 7) is 0. The molecule has 0 aliphatic heterocycles. The third-order valence-electron chi connectivity index (χ3n) is 2.07. The molecule has 15 heavy (non-hydrogen) atoms. The zero-order valence-electron chi connectivity index (χ0n) is 8.00. The van der Waals surface area contributed by atoms with E-state index in [4.69, 9.17) is 5.11 Å². The average molecular weight is 217 g/mol. The van der Waals surface area contributed by atoms with Gasteiger partial charge in [0.05, 0.1) is 0 Å². The Morgan fingerprint density at radius 1 is 0.800 bits per heavy atom. The van der Waals surface area contributed by atoms with Crippen LogP contribution >= 0.6 is 7.80 Å². The number of hydrogen-bond donors (Lipinski definition) is 1. The smallest absolute Gasteiger partial charge is 0.136 e. The van der Waals surface area contributed by atoms with Crippen molar-refractivity contribution in [1.29, 1.82) is 0 Å². The van der Waals surface area contributed by atoms with Crippen LogP contribution < -0.4 is 10.6 Å². The maximum atomic E-state index is 12.0. The van der Waals surface area contributed by atoms with Crippen LogP contribution in [0.25, 0.3) is 0 Å². The Labute approximate surface area is 89.0 Å². The van der Waals surface area contributed by atoms with Gasteiger partial charge in [-0.25, -0.2) is 0 Å².